The van der Waals surface area contributed by atoms with Crippen LogP contribution in [0.1, 0.15) is 66.7 Å². The standard InChI is InChI=1S/C29H52N4O5/c1-19(2)25(16-21(5)28(35)33-22(17-37-8)13-14-23(33)18-38-9)32(7)29(36)26(20(3)4)30-27(34)24-12-10-11-15-31(24)6/h16,19-20,22-26H,10-15,17-18H2,1-9H3,(H,30,34)/b21-16+/t22-,23-,24+,25+,26-/m0/s1. The average Bonchev–Trinajstić information content (AvgIpc) is 3.26. The van der Waals surface area contributed by atoms with Crippen molar-refractivity contribution in [2.45, 2.75) is 96.9 Å². The van der Waals surface area contributed by atoms with Gasteiger partial charge < -0.3 is 24.6 Å². The number of hydrogen-bond acceptors (Lipinski definition) is 6. The highest BCUT2D eigenvalue weighted by atomic mass is 16.5. The van der Waals surface area contributed by atoms with E-state index in [1.54, 1.807) is 26.2 Å². The molecule has 0 aromatic rings. The van der Waals surface area contributed by atoms with Crippen molar-refractivity contribution in [3.05, 3.63) is 11.6 Å². The van der Waals surface area contributed by atoms with Crippen molar-refractivity contribution in [1.29, 1.82) is 0 Å². The molecule has 218 valence electrons. The molecule has 2 rings (SSSR count). The van der Waals surface area contributed by atoms with Gasteiger partial charge in [0.1, 0.15) is 6.04 Å². The molecule has 0 unspecified atom stereocenters. The molecule has 9 nitrogen and oxygen atoms in total. The Morgan fingerprint density at radius 3 is 2.03 bits per heavy atom. The SMILES string of the molecule is COC[C@@H]1CC[C@@H](COC)N1C(=O)/C(C)=C/[C@H](C(C)C)N(C)C(=O)[C@@H](NC(=O)[C@H]1CCCCN1C)C(C)C. The predicted octanol–water partition coefficient (Wildman–Crippen LogP) is 2.69. The second kappa shape index (κ2) is 15.0. The minimum absolute atomic E-state index is 0.00585. The van der Waals surface area contributed by atoms with Gasteiger partial charge in [-0.1, -0.05) is 40.2 Å². The number of piperidine rings is 1. The van der Waals surface area contributed by atoms with Crippen LogP contribution in [0.3, 0.4) is 0 Å². The number of ether oxygens (including phenoxy) is 2. The molecule has 2 aliphatic heterocycles. The maximum Gasteiger partial charge on any atom is 0.249 e. The summed E-state index contributed by atoms with van der Waals surface area (Å²) in [4.78, 5) is 46.2. The summed E-state index contributed by atoms with van der Waals surface area (Å²) < 4.78 is 10.8. The zero-order valence-electron chi connectivity index (χ0n) is 25.2. The van der Waals surface area contributed by atoms with E-state index in [4.69, 9.17) is 9.47 Å². The van der Waals surface area contributed by atoms with Gasteiger partial charge in [0.2, 0.25) is 17.7 Å². The van der Waals surface area contributed by atoms with Crippen molar-refractivity contribution in [3.63, 3.8) is 0 Å². The fourth-order valence-electron chi connectivity index (χ4n) is 5.82. The molecule has 3 amide bonds. The number of nitrogens with zero attached hydrogens (tertiary/aromatic N) is 3. The number of likely N-dealkylation sites (tertiary alicyclic amines) is 2. The summed E-state index contributed by atoms with van der Waals surface area (Å²) in [6.07, 6.45) is 6.57. The Morgan fingerprint density at radius 1 is 0.974 bits per heavy atom. The first kappa shape index (κ1) is 32.2. The summed E-state index contributed by atoms with van der Waals surface area (Å²) in [6.45, 7) is 11.7. The van der Waals surface area contributed by atoms with Crippen molar-refractivity contribution in [2.24, 2.45) is 11.8 Å². The van der Waals surface area contributed by atoms with E-state index >= 15 is 0 Å². The van der Waals surface area contributed by atoms with Crippen molar-refractivity contribution in [2.75, 3.05) is 48.1 Å². The molecule has 0 aromatic heterocycles. The number of amides is 3. The molecular weight excluding hydrogens is 484 g/mol. The Labute approximate surface area is 230 Å². The normalized spacial score (nSPS) is 24.6. The summed E-state index contributed by atoms with van der Waals surface area (Å²) in [6, 6.07) is -1.13. The molecule has 2 fully saturated rings. The molecule has 5 atom stereocenters. The minimum Gasteiger partial charge on any atom is -0.383 e. The number of likely N-dealkylation sites (N-methyl/N-ethyl adjacent to an activating group) is 2. The second-order valence-corrected chi connectivity index (χ2v) is 11.8. The molecule has 2 aliphatic rings. The third-order valence-corrected chi connectivity index (χ3v) is 8.11. The fourth-order valence-corrected chi connectivity index (χ4v) is 5.82. The van der Waals surface area contributed by atoms with E-state index in [1.165, 1.54) is 0 Å². The van der Waals surface area contributed by atoms with E-state index < -0.39 is 6.04 Å². The lowest BCUT2D eigenvalue weighted by Gasteiger charge is -2.36. The molecule has 0 aromatic carbocycles. The third-order valence-electron chi connectivity index (χ3n) is 8.11. The van der Waals surface area contributed by atoms with Crippen LogP contribution in [0.5, 0.6) is 0 Å². The van der Waals surface area contributed by atoms with Crippen LogP contribution in [0.25, 0.3) is 0 Å². The highest BCUT2D eigenvalue weighted by molar-refractivity contribution is 5.94. The number of carbonyl (C=O) groups excluding carboxylic acids is 3. The van der Waals surface area contributed by atoms with E-state index in [9.17, 15) is 14.4 Å². The van der Waals surface area contributed by atoms with Crippen LogP contribution in [-0.4, -0.2) is 111 Å². The number of rotatable bonds is 12. The summed E-state index contributed by atoms with van der Waals surface area (Å²) in [5, 5.41) is 3.06. The highest BCUT2D eigenvalue weighted by Crippen LogP contribution is 2.27. The average molecular weight is 537 g/mol. The molecule has 0 saturated carbocycles. The van der Waals surface area contributed by atoms with Gasteiger partial charge in [-0.25, -0.2) is 0 Å². The molecule has 0 bridgehead atoms. The van der Waals surface area contributed by atoms with Gasteiger partial charge in [-0.2, -0.15) is 0 Å². The van der Waals surface area contributed by atoms with Crippen LogP contribution in [0.4, 0.5) is 0 Å². The number of methoxy groups -OCH3 is 2. The van der Waals surface area contributed by atoms with Crippen LogP contribution in [0.2, 0.25) is 0 Å². The molecule has 1 N–H and O–H groups in total. The zero-order valence-corrected chi connectivity index (χ0v) is 25.2. The molecule has 9 heteroatoms. The van der Waals surface area contributed by atoms with Gasteiger partial charge >= 0.3 is 0 Å². The molecule has 0 spiro atoms. The van der Waals surface area contributed by atoms with Crippen molar-refractivity contribution in [1.82, 2.24) is 20.0 Å². The second-order valence-electron chi connectivity index (χ2n) is 11.8. The van der Waals surface area contributed by atoms with Crippen LogP contribution < -0.4 is 5.32 Å². The zero-order chi connectivity index (χ0) is 28.6. The maximum absolute atomic E-state index is 13.8. The lowest BCUT2D eigenvalue weighted by Crippen LogP contribution is -2.57. The Hall–Kier alpha value is -1.97. The quantitative estimate of drug-likeness (QED) is 0.386. The summed E-state index contributed by atoms with van der Waals surface area (Å²) in [7, 11) is 7.05. The summed E-state index contributed by atoms with van der Waals surface area (Å²) in [5.74, 6) is -0.276. The van der Waals surface area contributed by atoms with E-state index in [1.807, 2.05) is 52.6 Å². The Bertz CT molecular complexity index is 816. The lowest BCUT2D eigenvalue weighted by atomic mass is 9.96. The molecule has 0 radical (unpaired) electrons. The van der Waals surface area contributed by atoms with E-state index in [0.29, 0.717) is 18.8 Å². The molecule has 0 aliphatic carbocycles. The first-order valence-electron chi connectivity index (χ1n) is 14.2. The van der Waals surface area contributed by atoms with E-state index in [0.717, 1.165) is 38.6 Å². The maximum atomic E-state index is 13.8. The monoisotopic (exact) mass is 536 g/mol. The third kappa shape index (κ3) is 8.02. The van der Waals surface area contributed by atoms with Gasteiger partial charge in [0.05, 0.1) is 37.4 Å². The van der Waals surface area contributed by atoms with Crippen LogP contribution in [-0.2, 0) is 23.9 Å². The van der Waals surface area contributed by atoms with Gasteiger partial charge in [0, 0.05) is 26.8 Å². The highest BCUT2D eigenvalue weighted by Gasteiger charge is 2.38. The molecular formula is C29H52N4O5. The van der Waals surface area contributed by atoms with Crippen LogP contribution in [0.15, 0.2) is 11.6 Å². The van der Waals surface area contributed by atoms with Crippen molar-refractivity contribution in [3.8, 4) is 0 Å². The Kier molecular flexibility index (Phi) is 12.7. The number of hydrogen-bond donors (Lipinski definition) is 1. The van der Waals surface area contributed by atoms with E-state index in [2.05, 4.69) is 10.2 Å². The smallest absolute Gasteiger partial charge is 0.249 e. The van der Waals surface area contributed by atoms with Gasteiger partial charge in [0.15, 0.2) is 0 Å². The first-order valence-corrected chi connectivity index (χ1v) is 14.2. The number of nitrogens with one attached hydrogen (secondary N) is 1. The Morgan fingerprint density at radius 2 is 1.55 bits per heavy atom. The van der Waals surface area contributed by atoms with Gasteiger partial charge in [-0.3, -0.25) is 19.3 Å². The Balaban J connectivity index is 2.23. The predicted molar refractivity (Wildman–Crippen MR) is 150 cm³/mol. The van der Waals surface area contributed by atoms with Gasteiger partial charge in [0.25, 0.3) is 0 Å². The minimum atomic E-state index is -0.635. The summed E-state index contributed by atoms with van der Waals surface area (Å²) in [5.41, 5.74) is 0.599. The van der Waals surface area contributed by atoms with Gasteiger partial charge in [-0.15, -0.1) is 0 Å². The topological polar surface area (TPSA) is 91.4 Å². The van der Waals surface area contributed by atoms with Gasteiger partial charge in [-0.05, 0) is 58.0 Å². The van der Waals surface area contributed by atoms with E-state index in [-0.39, 0.29) is 53.7 Å². The van der Waals surface area contributed by atoms with Crippen LogP contribution in [0, 0.1) is 11.8 Å². The largest absolute Gasteiger partial charge is 0.383 e. The molecule has 2 saturated heterocycles. The first-order chi connectivity index (χ1) is 17.9. The molecule has 38 heavy (non-hydrogen) atoms. The van der Waals surface area contributed by atoms with Crippen LogP contribution >= 0.6 is 0 Å². The van der Waals surface area contributed by atoms with Crippen molar-refractivity contribution < 1.29 is 23.9 Å². The summed E-state index contributed by atoms with van der Waals surface area (Å²) >= 11 is 0. The number of carbonyl (C=O) groups is 3. The van der Waals surface area contributed by atoms with Crippen molar-refractivity contribution >= 4 is 17.7 Å². The fraction of sp³-hybridized carbons (Fsp3) is 0.828. The molecule has 2 heterocycles. The lowest BCUT2D eigenvalue weighted by molar-refractivity contribution is -0.140.